The summed E-state index contributed by atoms with van der Waals surface area (Å²) in [6, 6.07) is 14.0. The summed E-state index contributed by atoms with van der Waals surface area (Å²) < 4.78 is 34.2. The van der Waals surface area contributed by atoms with E-state index in [1.54, 1.807) is 43.5 Å². The molecule has 1 saturated heterocycles. The number of halogens is 1. The van der Waals surface area contributed by atoms with Crippen LogP contribution in [0.5, 0.6) is 0 Å². The minimum atomic E-state index is -3.65. The van der Waals surface area contributed by atoms with Gasteiger partial charge in [-0.2, -0.15) is 0 Å². The van der Waals surface area contributed by atoms with Gasteiger partial charge in [-0.3, -0.25) is 4.72 Å². The number of methoxy groups -OCH3 is 1. The smallest absolute Gasteiger partial charge is 0.261 e. The second-order valence-corrected chi connectivity index (χ2v) is 9.14. The maximum absolute atomic E-state index is 12.6. The van der Waals surface area contributed by atoms with E-state index in [0.29, 0.717) is 10.2 Å². The van der Waals surface area contributed by atoms with Gasteiger partial charge in [-0.15, -0.1) is 0 Å². The van der Waals surface area contributed by atoms with Crippen molar-refractivity contribution in [2.75, 3.05) is 37.3 Å². The molecule has 2 aromatic carbocycles. The number of nitrogens with one attached hydrogen (secondary N) is 2. The molecule has 0 radical (unpaired) electrons. The molecular formula is C19H24BrN3O3S. The average molecular weight is 454 g/mol. The number of sulfonamides is 1. The molecule has 0 aliphatic carbocycles. The molecular weight excluding hydrogens is 430 g/mol. The van der Waals surface area contributed by atoms with Crippen molar-refractivity contribution < 1.29 is 13.2 Å². The molecule has 0 aromatic heterocycles. The second kappa shape index (κ2) is 8.60. The van der Waals surface area contributed by atoms with Crippen LogP contribution in [0.4, 0.5) is 11.4 Å². The molecule has 2 atom stereocenters. The highest BCUT2D eigenvalue weighted by molar-refractivity contribution is 9.10. The lowest BCUT2D eigenvalue weighted by Gasteiger charge is -2.37. The zero-order chi connectivity index (χ0) is 19.4. The molecule has 1 fully saturated rings. The highest BCUT2D eigenvalue weighted by atomic mass is 79.9. The highest BCUT2D eigenvalue weighted by Gasteiger charge is 2.28. The van der Waals surface area contributed by atoms with Crippen LogP contribution in [-0.2, 0) is 14.8 Å². The lowest BCUT2D eigenvalue weighted by atomic mass is 10.0. The predicted octanol–water partition coefficient (Wildman–Crippen LogP) is 3.38. The van der Waals surface area contributed by atoms with Crippen LogP contribution in [0.25, 0.3) is 0 Å². The fourth-order valence-corrected chi connectivity index (χ4v) is 4.90. The topological polar surface area (TPSA) is 70.7 Å². The van der Waals surface area contributed by atoms with Crippen molar-refractivity contribution in [1.29, 1.82) is 0 Å². The molecule has 2 unspecified atom stereocenters. The lowest BCUT2D eigenvalue weighted by molar-refractivity contribution is 0.0312. The fraction of sp³-hybridized carbons (Fsp3) is 0.368. The molecule has 2 N–H and O–H groups in total. The van der Waals surface area contributed by atoms with Crippen LogP contribution < -0.4 is 10.0 Å². The van der Waals surface area contributed by atoms with Crippen molar-refractivity contribution in [3.63, 3.8) is 0 Å². The van der Waals surface area contributed by atoms with E-state index in [1.807, 2.05) is 12.1 Å². The third kappa shape index (κ3) is 4.82. The van der Waals surface area contributed by atoms with Gasteiger partial charge in [0.25, 0.3) is 10.0 Å². The van der Waals surface area contributed by atoms with Crippen molar-refractivity contribution in [3.8, 4) is 0 Å². The summed E-state index contributed by atoms with van der Waals surface area (Å²) in [7, 11) is 0.153. The summed E-state index contributed by atoms with van der Waals surface area (Å²) in [5, 5.41) is 3.50. The molecule has 0 amide bonds. The second-order valence-electron chi connectivity index (χ2n) is 6.66. The zero-order valence-electron chi connectivity index (χ0n) is 15.4. The Morgan fingerprint density at radius 2 is 1.81 bits per heavy atom. The molecule has 0 spiro atoms. The van der Waals surface area contributed by atoms with Crippen molar-refractivity contribution >= 4 is 37.3 Å². The Bertz CT molecular complexity index is 877. The third-order valence-electron chi connectivity index (χ3n) is 4.70. The summed E-state index contributed by atoms with van der Waals surface area (Å²) in [6.07, 6.45) is 1.02. The number of ether oxygens (including phenoxy) is 1. The van der Waals surface area contributed by atoms with E-state index in [4.69, 9.17) is 4.74 Å². The summed E-state index contributed by atoms with van der Waals surface area (Å²) in [5.74, 6) is 0. The maximum Gasteiger partial charge on any atom is 0.261 e. The summed E-state index contributed by atoms with van der Waals surface area (Å²) in [4.78, 5) is 2.47. The van der Waals surface area contributed by atoms with Gasteiger partial charge < -0.3 is 15.0 Å². The number of likely N-dealkylation sites (tertiary alicyclic amines) is 1. The molecule has 1 aliphatic heterocycles. The average Bonchev–Trinajstić information content (AvgIpc) is 2.66. The van der Waals surface area contributed by atoms with Gasteiger partial charge in [-0.1, -0.05) is 24.3 Å². The van der Waals surface area contributed by atoms with E-state index >= 15 is 0 Å². The van der Waals surface area contributed by atoms with Gasteiger partial charge in [-0.25, -0.2) is 8.42 Å². The molecule has 146 valence electrons. The number of anilines is 2. The monoisotopic (exact) mass is 453 g/mol. The number of hydrogen-bond donors (Lipinski definition) is 2. The summed E-state index contributed by atoms with van der Waals surface area (Å²) >= 11 is 3.55. The van der Waals surface area contributed by atoms with E-state index in [0.717, 1.165) is 25.2 Å². The molecule has 6 nitrogen and oxygen atoms in total. The number of nitrogens with zero attached hydrogens (tertiary/aromatic N) is 1. The first kappa shape index (κ1) is 20.1. The molecule has 8 heteroatoms. The SMILES string of the molecule is COC1CN(C)CCC1Nc1cccc(NS(=O)(=O)c2ccccc2)c1Br. The van der Waals surface area contributed by atoms with Gasteiger partial charge in [0.2, 0.25) is 0 Å². The van der Waals surface area contributed by atoms with E-state index in [9.17, 15) is 8.42 Å². The molecule has 3 rings (SSSR count). The summed E-state index contributed by atoms with van der Waals surface area (Å²) in [5.41, 5.74) is 1.32. The largest absolute Gasteiger partial charge is 0.379 e. The Morgan fingerprint density at radius 3 is 2.52 bits per heavy atom. The first-order chi connectivity index (χ1) is 12.9. The van der Waals surface area contributed by atoms with Crippen LogP contribution in [0.1, 0.15) is 6.42 Å². The van der Waals surface area contributed by atoms with Crippen molar-refractivity contribution in [1.82, 2.24) is 4.90 Å². The van der Waals surface area contributed by atoms with E-state index < -0.39 is 10.0 Å². The van der Waals surface area contributed by atoms with Gasteiger partial charge in [-0.05, 0) is 60.2 Å². The van der Waals surface area contributed by atoms with Gasteiger partial charge in [0.05, 0.1) is 32.9 Å². The Balaban J connectivity index is 1.80. The Kier molecular flexibility index (Phi) is 6.41. The van der Waals surface area contributed by atoms with E-state index in [-0.39, 0.29) is 17.0 Å². The molecule has 0 saturated carbocycles. The number of benzene rings is 2. The number of rotatable bonds is 6. The van der Waals surface area contributed by atoms with Crippen molar-refractivity contribution in [2.45, 2.75) is 23.5 Å². The molecule has 0 bridgehead atoms. The standard InChI is InChI=1S/C19H24BrN3O3S/c1-23-12-11-15(18(13-23)26-2)21-16-9-6-10-17(19(16)20)22-27(24,25)14-7-4-3-5-8-14/h3-10,15,18,21-22H,11-13H2,1-2H3. The van der Waals surface area contributed by atoms with Crippen LogP contribution in [0.3, 0.4) is 0 Å². The summed E-state index contributed by atoms with van der Waals surface area (Å²) in [6.45, 7) is 1.83. The number of hydrogen-bond acceptors (Lipinski definition) is 5. The Hall–Kier alpha value is -1.61. The lowest BCUT2D eigenvalue weighted by Crippen LogP contribution is -2.49. The van der Waals surface area contributed by atoms with Gasteiger partial charge >= 0.3 is 0 Å². The van der Waals surface area contributed by atoms with Crippen LogP contribution >= 0.6 is 15.9 Å². The maximum atomic E-state index is 12.6. The fourth-order valence-electron chi connectivity index (χ4n) is 3.20. The third-order valence-corrected chi connectivity index (χ3v) is 6.94. The van der Waals surface area contributed by atoms with Gasteiger partial charge in [0.1, 0.15) is 0 Å². The normalized spacial score (nSPS) is 21.0. The molecule has 1 heterocycles. The van der Waals surface area contributed by atoms with E-state index in [1.165, 1.54) is 0 Å². The minimum absolute atomic E-state index is 0.0697. The van der Waals surface area contributed by atoms with Gasteiger partial charge in [0.15, 0.2) is 0 Å². The highest BCUT2D eigenvalue weighted by Crippen LogP contribution is 2.33. The predicted molar refractivity (Wildman–Crippen MR) is 112 cm³/mol. The number of piperidine rings is 1. The quantitative estimate of drug-likeness (QED) is 0.701. The molecule has 27 heavy (non-hydrogen) atoms. The molecule has 2 aromatic rings. The molecule has 1 aliphatic rings. The Labute approximate surface area is 169 Å². The first-order valence-corrected chi connectivity index (χ1v) is 11.0. The van der Waals surface area contributed by atoms with Crippen LogP contribution in [-0.4, -0.2) is 52.7 Å². The van der Waals surface area contributed by atoms with E-state index in [2.05, 4.69) is 37.9 Å². The number of likely N-dealkylation sites (N-methyl/N-ethyl adjacent to an activating group) is 1. The zero-order valence-corrected chi connectivity index (χ0v) is 17.8. The Morgan fingerprint density at radius 1 is 1.11 bits per heavy atom. The van der Waals surface area contributed by atoms with Crippen LogP contribution in [0.15, 0.2) is 57.9 Å². The van der Waals surface area contributed by atoms with Crippen molar-refractivity contribution in [3.05, 3.63) is 53.0 Å². The van der Waals surface area contributed by atoms with Crippen LogP contribution in [0.2, 0.25) is 0 Å². The van der Waals surface area contributed by atoms with Gasteiger partial charge in [0, 0.05) is 13.7 Å². The van der Waals surface area contributed by atoms with Crippen molar-refractivity contribution in [2.24, 2.45) is 0 Å². The van der Waals surface area contributed by atoms with Crippen LogP contribution in [0, 0.1) is 0 Å². The first-order valence-electron chi connectivity index (χ1n) is 8.75. The minimum Gasteiger partial charge on any atom is -0.379 e.